The van der Waals surface area contributed by atoms with Crippen LogP contribution in [-0.2, 0) is 9.59 Å². The maximum absolute atomic E-state index is 11.8. The summed E-state index contributed by atoms with van der Waals surface area (Å²) in [5.41, 5.74) is 0. The van der Waals surface area contributed by atoms with Gasteiger partial charge in [0.15, 0.2) is 0 Å². The summed E-state index contributed by atoms with van der Waals surface area (Å²) in [5, 5.41) is 19.6. The Hall–Kier alpha value is -1.79. The summed E-state index contributed by atoms with van der Waals surface area (Å²) in [4.78, 5) is 34.4. The van der Waals surface area contributed by atoms with Gasteiger partial charge in [-0.15, -0.1) is 0 Å². The van der Waals surface area contributed by atoms with Gasteiger partial charge in [0, 0.05) is 13.1 Å². The normalized spacial score (nSPS) is 12.0. The van der Waals surface area contributed by atoms with Crippen LogP contribution in [0.3, 0.4) is 0 Å². The lowest BCUT2D eigenvalue weighted by Gasteiger charge is -2.27. The van der Waals surface area contributed by atoms with Crippen LogP contribution in [0.1, 0.15) is 33.1 Å². The fourth-order valence-corrected chi connectivity index (χ4v) is 1.63. The summed E-state index contributed by atoms with van der Waals surface area (Å²) in [7, 11) is 1.56. The Balaban J connectivity index is 4.59. The lowest BCUT2D eigenvalue weighted by molar-refractivity contribution is -0.145. The third-order valence-corrected chi connectivity index (χ3v) is 2.79. The van der Waals surface area contributed by atoms with E-state index in [0.29, 0.717) is 0 Å². The van der Waals surface area contributed by atoms with E-state index in [2.05, 4.69) is 5.32 Å². The Bertz CT molecular complexity index is 315. The molecule has 1 atom stereocenters. The zero-order valence-electron chi connectivity index (χ0n) is 10.8. The molecule has 0 heterocycles. The highest BCUT2D eigenvalue weighted by molar-refractivity contribution is 5.86. The molecule has 104 valence electrons. The zero-order chi connectivity index (χ0) is 14.3. The Morgan fingerprint density at radius 3 is 2.00 bits per heavy atom. The first-order valence-corrected chi connectivity index (χ1v) is 5.81. The van der Waals surface area contributed by atoms with E-state index in [4.69, 9.17) is 10.2 Å². The second-order valence-corrected chi connectivity index (χ2v) is 4.02. The van der Waals surface area contributed by atoms with Crippen molar-refractivity contribution >= 4 is 18.0 Å². The minimum absolute atomic E-state index is 0.00396. The molecule has 7 nitrogen and oxygen atoms in total. The minimum atomic E-state index is -1.41. The predicted octanol–water partition coefficient (Wildman–Crippen LogP) is 0.744. The quantitative estimate of drug-likeness (QED) is 0.626. The summed E-state index contributed by atoms with van der Waals surface area (Å²) in [6.07, 6.45) is 0.853. The van der Waals surface area contributed by atoms with Gasteiger partial charge in [-0.25, -0.2) is 9.59 Å². The lowest BCUT2D eigenvalue weighted by atomic mass is 10.1. The Kier molecular flexibility index (Phi) is 6.77. The highest BCUT2D eigenvalue weighted by Crippen LogP contribution is 2.06. The van der Waals surface area contributed by atoms with Gasteiger partial charge in [-0.3, -0.25) is 4.79 Å². The van der Waals surface area contributed by atoms with Crippen molar-refractivity contribution in [2.45, 2.75) is 45.2 Å². The van der Waals surface area contributed by atoms with E-state index in [0.717, 1.165) is 12.8 Å². The molecule has 0 bridgehead atoms. The molecule has 0 aliphatic heterocycles. The number of hydrogen-bond acceptors (Lipinski definition) is 3. The molecule has 0 aliphatic rings. The number of carbonyl (C=O) groups is 3. The maximum Gasteiger partial charge on any atom is 0.326 e. The summed E-state index contributed by atoms with van der Waals surface area (Å²) in [6.45, 7) is 3.84. The number of carboxylic acids is 2. The number of nitrogens with zero attached hydrogens (tertiary/aromatic N) is 1. The number of rotatable bonds is 7. The molecule has 3 N–H and O–H groups in total. The van der Waals surface area contributed by atoms with Gasteiger partial charge in [0.1, 0.15) is 6.04 Å². The molecule has 18 heavy (non-hydrogen) atoms. The van der Waals surface area contributed by atoms with Gasteiger partial charge in [-0.1, -0.05) is 13.8 Å². The molecular formula is C11H20N2O5. The van der Waals surface area contributed by atoms with Crippen LogP contribution in [0.25, 0.3) is 0 Å². The Morgan fingerprint density at radius 2 is 1.67 bits per heavy atom. The van der Waals surface area contributed by atoms with Crippen molar-refractivity contribution in [3.05, 3.63) is 0 Å². The molecule has 0 rings (SSSR count). The Morgan fingerprint density at radius 1 is 1.17 bits per heavy atom. The van der Waals surface area contributed by atoms with Crippen molar-refractivity contribution in [1.82, 2.24) is 10.2 Å². The molecule has 0 unspecified atom stereocenters. The van der Waals surface area contributed by atoms with Crippen LogP contribution in [-0.4, -0.2) is 52.2 Å². The molecule has 7 heteroatoms. The van der Waals surface area contributed by atoms with Crippen LogP contribution in [0.15, 0.2) is 0 Å². The van der Waals surface area contributed by atoms with E-state index in [1.165, 1.54) is 4.90 Å². The van der Waals surface area contributed by atoms with Crippen LogP contribution < -0.4 is 5.32 Å². The third-order valence-electron chi connectivity index (χ3n) is 2.79. The second kappa shape index (κ2) is 7.52. The summed E-state index contributed by atoms with van der Waals surface area (Å²) >= 11 is 0. The molecule has 0 radical (unpaired) electrons. The molecule has 0 aromatic carbocycles. The van der Waals surface area contributed by atoms with Gasteiger partial charge in [0.25, 0.3) is 0 Å². The number of urea groups is 1. The topological polar surface area (TPSA) is 107 Å². The predicted molar refractivity (Wildman–Crippen MR) is 64.3 cm³/mol. The first-order valence-electron chi connectivity index (χ1n) is 5.81. The van der Waals surface area contributed by atoms with Crippen molar-refractivity contribution in [3.8, 4) is 0 Å². The van der Waals surface area contributed by atoms with Crippen LogP contribution in [0.4, 0.5) is 4.79 Å². The average molecular weight is 260 g/mol. The molecule has 0 aromatic rings. The van der Waals surface area contributed by atoms with E-state index >= 15 is 0 Å². The van der Waals surface area contributed by atoms with Crippen LogP contribution in [0.5, 0.6) is 0 Å². The molecular weight excluding hydrogens is 240 g/mol. The number of nitrogens with one attached hydrogen (secondary N) is 1. The van der Waals surface area contributed by atoms with Crippen molar-refractivity contribution < 1.29 is 24.6 Å². The van der Waals surface area contributed by atoms with E-state index < -0.39 is 30.4 Å². The third kappa shape index (κ3) is 5.03. The van der Waals surface area contributed by atoms with Crippen molar-refractivity contribution in [2.75, 3.05) is 7.05 Å². The molecule has 0 fully saturated rings. The van der Waals surface area contributed by atoms with Gasteiger partial charge in [0.2, 0.25) is 0 Å². The van der Waals surface area contributed by atoms with E-state index in [1.807, 2.05) is 13.8 Å². The summed E-state index contributed by atoms with van der Waals surface area (Å²) < 4.78 is 0. The molecule has 2 amide bonds. The maximum atomic E-state index is 11.8. The van der Waals surface area contributed by atoms with Crippen LogP contribution >= 0.6 is 0 Å². The van der Waals surface area contributed by atoms with Crippen molar-refractivity contribution in [3.63, 3.8) is 0 Å². The molecule has 0 aromatic heterocycles. The molecule has 0 saturated heterocycles. The first-order chi connectivity index (χ1) is 8.33. The SMILES string of the molecule is CCC(CC)N(C)C(=O)N[C@@H](CC(=O)O)C(=O)O. The smallest absolute Gasteiger partial charge is 0.326 e. The van der Waals surface area contributed by atoms with Gasteiger partial charge >= 0.3 is 18.0 Å². The molecule has 0 saturated carbocycles. The van der Waals surface area contributed by atoms with E-state index in [9.17, 15) is 14.4 Å². The molecule has 0 spiro atoms. The summed E-state index contributed by atoms with van der Waals surface area (Å²) in [5.74, 6) is -2.63. The zero-order valence-corrected chi connectivity index (χ0v) is 10.8. The average Bonchev–Trinajstić information content (AvgIpc) is 2.28. The highest BCUT2D eigenvalue weighted by atomic mass is 16.4. The number of amides is 2. The molecule has 0 aliphatic carbocycles. The van der Waals surface area contributed by atoms with Crippen LogP contribution in [0.2, 0.25) is 0 Å². The number of carbonyl (C=O) groups excluding carboxylic acids is 1. The second-order valence-electron chi connectivity index (χ2n) is 4.02. The standard InChI is InChI=1S/C11H20N2O5/c1-4-7(5-2)13(3)11(18)12-8(10(16)17)6-9(14)15/h7-8H,4-6H2,1-3H3,(H,12,18)(H,14,15)(H,16,17)/t8-/m0/s1. The first kappa shape index (κ1) is 16.2. The fraction of sp³-hybridized carbons (Fsp3) is 0.727. The van der Waals surface area contributed by atoms with Crippen molar-refractivity contribution in [1.29, 1.82) is 0 Å². The Labute approximate surface area is 106 Å². The fourth-order valence-electron chi connectivity index (χ4n) is 1.63. The van der Waals surface area contributed by atoms with Gasteiger partial charge in [-0.2, -0.15) is 0 Å². The van der Waals surface area contributed by atoms with E-state index in [-0.39, 0.29) is 6.04 Å². The number of carboxylic acid groups (broad SMARTS) is 2. The lowest BCUT2D eigenvalue weighted by Crippen LogP contribution is -2.50. The van der Waals surface area contributed by atoms with Gasteiger partial charge in [0.05, 0.1) is 6.42 Å². The number of hydrogen-bond donors (Lipinski definition) is 3. The number of aliphatic carboxylic acids is 2. The summed E-state index contributed by atoms with van der Waals surface area (Å²) in [6, 6.07) is -1.98. The largest absolute Gasteiger partial charge is 0.481 e. The highest BCUT2D eigenvalue weighted by Gasteiger charge is 2.26. The minimum Gasteiger partial charge on any atom is -0.481 e. The van der Waals surface area contributed by atoms with Crippen LogP contribution in [0, 0.1) is 0 Å². The van der Waals surface area contributed by atoms with Gasteiger partial charge < -0.3 is 20.4 Å². The van der Waals surface area contributed by atoms with Crippen molar-refractivity contribution in [2.24, 2.45) is 0 Å². The van der Waals surface area contributed by atoms with E-state index in [1.54, 1.807) is 7.05 Å². The van der Waals surface area contributed by atoms with Gasteiger partial charge in [-0.05, 0) is 12.8 Å². The monoisotopic (exact) mass is 260 g/mol.